The maximum absolute atomic E-state index is 12.0. The molecule has 0 aliphatic heterocycles. The maximum atomic E-state index is 12.0. The van der Waals surface area contributed by atoms with Crippen LogP contribution >= 0.6 is 24.0 Å². The van der Waals surface area contributed by atoms with Crippen LogP contribution in [-0.4, -0.2) is 61.8 Å². The number of amides is 1. The molecule has 0 saturated heterocycles. The van der Waals surface area contributed by atoms with Crippen molar-refractivity contribution in [3.8, 4) is 0 Å². The molecule has 0 aromatic carbocycles. The van der Waals surface area contributed by atoms with Crippen LogP contribution in [0.15, 0.2) is 27.8 Å². The zero-order chi connectivity index (χ0) is 21.4. The molecule has 0 bridgehead atoms. The molecular weight excluding hydrogens is 485 g/mol. The summed E-state index contributed by atoms with van der Waals surface area (Å²) in [4.78, 5) is 18.7. The fraction of sp³-hybridized carbons (Fsp3) is 0.700. The lowest BCUT2D eigenvalue weighted by Crippen LogP contribution is -2.49. The van der Waals surface area contributed by atoms with Gasteiger partial charge >= 0.3 is 6.09 Å². The number of nitrogens with one attached hydrogen (secondary N) is 3. The van der Waals surface area contributed by atoms with Crippen LogP contribution in [0, 0.1) is 0 Å². The van der Waals surface area contributed by atoms with Gasteiger partial charge in [-0.3, -0.25) is 9.89 Å². The Morgan fingerprint density at radius 2 is 1.90 bits per heavy atom. The molecule has 0 radical (unpaired) electrons. The summed E-state index contributed by atoms with van der Waals surface area (Å²) in [5, 5.41) is 9.45. The van der Waals surface area contributed by atoms with Crippen LogP contribution in [0.5, 0.6) is 0 Å². The van der Waals surface area contributed by atoms with E-state index in [0.717, 1.165) is 12.3 Å². The van der Waals surface area contributed by atoms with Crippen molar-refractivity contribution in [1.29, 1.82) is 0 Å². The van der Waals surface area contributed by atoms with Gasteiger partial charge in [-0.15, -0.1) is 24.0 Å². The zero-order valence-corrected chi connectivity index (χ0v) is 21.3. The highest BCUT2D eigenvalue weighted by atomic mass is 127. The largest absolute Gasteiger partial charge is 0.468 e. The second kappa shape index (κ2) is 12.3. The number of carbonyl (C=O) groups is 1. The van der Waals surface area contributed by atoms with E-state index in [1.165, 1.54) is 0 Å². The number of alkyl carbamates (subject to hydrolysis) is 1. The van der Waals surface area contributed by atoms with Gasteiger partial charge < -0.3 is 25.1 Å². The van der Waals surface area contributed by atoms with E-state index in [1.807, 2.05) is 67.8 Å². The summed E-state index contributed by atoms with van der Waals surface area (Å²) in [6.07, 6.45) is 1.23. The lowest BCUT2D eigenvalue weighted by atomic mass is 10.1. The number of furan rings is 1. The molecule has 1 atom stereocenters. The van der Waals surface area contributed by atoms with Gasteiger partial charge in [0.2, 0.25) is 0 Å². The van der Waals surface area contributed by atoms with Gasteiger partial charge in [0.25, 0.3) is 0 Å². The summed E-state index contributed by atoms with van der Waals surface area (Å²) in [6, 6.07) is 3.92. The van der Waals surface area contributed by atoms with Crippen LogP contribution in [0.1, 0.15) is 53.3 Å². The molecule has 1 unspecified atom stereocenters. The lowest BCUT2D eigenvalue weighted by molar-refractivity contribution is 0.0476. The van der Waals surface area contributed by atoms with Gasteiger partial charge in [-0.1, -0.05) is 0 Å². The van der Waals surface area contributed by atoms with Gasteiger partial charge in [-0.25, -0.2) is 4.79 Å². The number of guanidine groups is 1. The van der Waals surface area contributed by atoms with E-state index in [2.05, 4.69) is 25.8 Å². The molecule has 0 spiro atoms. The predicted molar refractivity (Wildman–Crippen MR) is 128 cm³/mol. The second-order valence-corrected chi connectivity index (χ2v) is 8.58. The Hall–Kier alpha value is -1.49. The highest BCUT2D eigenvalue weighted by Gasteiger charge is 2.24. The van der Waals surface area contributed by atoms with Crippen molar-refractivity contribution in [2.24, 2.45) is 4.99 Å². The fourth-order valence-electron chi connectivity index (χ4n) is 2.45. The Balaban J connectivity index is 0.00000784. The summed E-state index contributed by atoms with van der Waals surface area (Å²) >= 11 is 0. The maximum Gasteiger partial charge on any atom is 0.408 e. The number of likely N-dealkylation sites (N-methyl/N-ethyl adjacent to an activating group) is 1. The quantitative estimate of drug-likeness (QED) is 0.275. The van der Waals surface area contributed by atoms with Crippen molar-refractivity contribution in [2.45, 2.75) is 58.7 Å². The zero-order valence-electron chi connectivity index (χ0n) is 19.0. The van der Waals surface area contributed by atoms with Gasteiger partial charge in [0.05, 0.1) is 24.4 Å². The Labute approximate surface area is 192 Å². The number of hydrogen-bond donors (Lipinski definition) is 3. The summed E-state index contributed by atoms with van der Waals surface area (Å²) in [5.41, 5.74) is -1.08. The molecule has 1 aromatic rings. The normalized spacial score (nSPS) is 13.5. The first-order chi connectivity index (χ1) is 12.9. The van der Waals surface area contributed by atoms with E-state index in [-0.39, 0.29) is 30.0 Å². The van der Waals surface area contributed by atoms with Crippen molar-refractivity contribution in [1.82, 2.24) is 20.9 Å². The minimum absolute atomic E-state index is 0. The van der Waals surface area contributed by atoms with Crippen molar-refractivity contribution in [3.63, 3.8) is 0 Å². The van der Waals surface area contributed by atoms with E-state index >= 15 is 0 Å². The third-order valence-electron chi connectivity index (χ3n) is 3.77. The van der Waals surface area contributed by atoms with Crippen LogP contribution in [-0.2, 0) is 4.74 Å². The molecule has 168 valence electrons. The van der Waals surface area contributed by atoms with Crippen molar-refractivity contribution in [3.05, 3.63) is 24.2 Å². The Morgan fingerprint density at radius 3 is 2.38 bits per heavy atom. The van der Waals surface area contributed by atoms with E-state index in [4.69, 9.17) is 9.15 Å². The summed E-state index contributed by atoms with van der Waals surface area (Å²) in [7, 11) is 4.01. The number of carbonyl (C=O) groups excluding carboxylic acids is 1. The molecule has 29 heavy (non-hydrogen) atoms. The minimum Gasteiger partial charge on any atom is -0.468 e. The predicted octanol–water partition coefficient (Wildman–Crippen LogP) is 3.36. The van der Waals surface area contributed by atoms with Crippen molar-refractivity contribution >= 4 is 36.0 Å². The van der Waals surface area contributed by atoms with Gasteiger partial charge in [-0.05, 0) is 67.8 Å². The van der Waals surface area contributed by atoms with Crippen LogP contribution in [0.3, 0.4) is 0 Å². The summed E-state index contributed by atoms with van der Waals surface area (Å²) in [5.74, 6) is 1.57. The molecular formula is C20H38IN5O3. The highest BCUT2D eigenvalue weighted by molar-refractivity contribution is 14.0. The molecule has 1 amide bonds. The molecule has 1 heterocycles. The average molecular weight is 523 g/mol. The third kappa shape index (κ3) is 11.3. The highest BCUT2D eigenvalue weighted by Crippen LogP contribution is 2.17. The van der Waals surface area contributed by atoms with Gasteiger partial charge in [-0.2, -0.15) is 0 Å². The first-order valence-electron chi connectivity index (χ1n) is 9.66. The van der Waals surface area contributed by atoms with E-state index in [0.29, 0.717) is 19.0 Å². The van der Waals surface area contributed by atoms with Gasteiger partial charge in [0.1, 0.15) is 11.4 Å². The van der Waals surface area contributed by atoms with Crippen LogP contribution in [0.2, 0.25) is 0 Å². The number of ether oxygens (including phenoxy) is 1. The van der Waals surface area contributed by atoms with E-state index in [9.17, 15) is 4.79 Å². The molecule has 1 rings (SSSR count). The van der Waals surface area contributed by atoms with Crippen LogP contribution in [0.25, 0.3) is 0 Å². The van der Waals surface area contributed by atoms with Gasteiger partial charge in [0.15, 0.2) is 5.96 Å². The molecule has 8 nitrogen and oxygen atoms in total. The topological polar surface area (TPSA) is 91.1 Å². The molecule has 3 N–H and O–H groups in total. The molecule has 0 saturated carbocycles. The number of hydrogen-bond acceptors (Lipinski definition) is 5. The standard InChI is InChI=1S/C20H37N5O3.HI/c1-9-21-17(22-13-15(25(7)8)16-11-10-12-27-16)23-14-20(5,6)24-18(26)28-19(2,3)4;/h10-12,15H,9,13-14H2,1-8H3,(H,24,26)(H2,21,22,23);1H. The Morgan fingerprint density at radius 1 is 1.24 bits per heavy atom. The fourth-order valence-corrected chi connectivity index (χ4v) is 2.45. The first kappa shape index (κ1) is 27.5. The SMILES string of the molecule is CCNC(=NCC(C)(C)NC(=O)OC(C)(C)C)NCC(c1ccco1)N(C)C.I. The average Bonchev–Trinajstić information content (AvgIpc) is 3.04. The molecule has 9 heteroatoms. The smallest absolute Gasteiger partial charge is 0.408 e. The number of halogens is 1. The monoisotopic (exact) mass is 523 g/mol. The van der Waals surface area contributed by atoms with Crippen LogP contribution < -0.4 is 16.0 Å². The molecule has 0 aliphatic rings. The molecule has 0 aliphatic carbocycles. The Bertz CT molecular complexity index is 625. The number of rotatable bonds is 8. The Kier molecular flexibility index (Phi) is 11.6. The van der Waals surface area contributed by atoms with Gasteiger partial charge in [0, 0.05) is 13.1 Å². The van der Waals surface area contributed by atoms with Crippen LogP contribution in [0.4, 0.5) is 4.79 Å². The van der Waals surface area contributed by atoms with E-state index < -0.39 is 17.2 Å². The summed E-state index contributed by atoms with van der Waals surface area (Å²) in [6.45, 7) is 13.1. The van der Waals surface area contributed by atoms with E-state index in [1.54, 1.807) is 6.26 Å². The van der Waals surface area contributed by atoms with Crippen molar-refractivity contribution < 1.29 is 13.9 Å². The number of aliphatic imine (C=N–C) groups is 1. The molecule has 1 aromatic heterocycles. The third-order valence-corrected chi connectivity index (χ3v) is 3.77. The minimum atomic E-state index is -0.549. The molecule has 0 fully saturated rings. The lowest BCUT2D eigenvalue weighted by Gasteiger charge is -2.28. The second-order valence-electron chi connectivity index (χ2n) is 8.58. The summed E-state index contributed by atoms with van der Waals surface area (Å²) < 4.78 is 10.9. The number of nitrogens with zero attached hydrogens (tertiary/aromatic N) is 2. The first-order valence-corrected chi connectivity index (χ1v) is 9.66. The van der Waals surface area contributed by atoms with Crippen molar-refractivity contribution in [2.75, 3.05) is 33.7 Å².